The number of ketones is 1. The molecule has 0 aliphatic rings. The molecule has 4 heteroatoms. The number of alkyl halides is 1. The highest BCUT2D eigenvalue weighted by molar-refractivity contribution is 9.08. The lowest BCUT2D eigenvalue weighted by Gasteiger charge is -2.05. The van der Waals surface area contributed by atoms with Crippen molar-refractivity contribution >= 4 is 27.7 Å². The number of halogens is 1. The fourth-order valence-corrected chi connectivity index (χ4v) is 2.20. The van der Waals surface area contributed by atoms with E-state index in [0.717, 1.165) is 16.5 Å². The van der Waals surface area contributed by atoms with Crippen LogP contribution in [0.15, 0.2) is 54.6 Å². The quantitative estimate of drug-likeness (QED) is 0.456. The van der Waals surface area contributed by atoms with Crippen LogP contribution in [-0.4, -0.2) is 18.4 Å². The Balaban J connectivity index is 1.84. The Kier molecular flexibility index (Phi) is 5.69. The van der Waals surface area contributed by atoms with Crippen LogP contribution in [0.3, 0.4) is 0 Å². The molecule has 21 heavy (non-hydrogen) atoms. The van der Waals surface area contributed by atoms with Crippen LogP contribution >= 0.6 is 15.9 Å². The van der Waals surface area contributed by atoms with Crippen LogP contribution in [0.2, 0.25) is 0 Å². The van der Waals surface area contributed by atoms with Crippen LogP contribution in [0.4, 0.5) is 0 Å². The minimum atomic E-state index is -0.397. The van der Waals surface area contributed by atoms with Gasteiger partial charge in [0.05, 0.1) is 6.42 Å². The zero-order chi connectivity index (χ0) is 15.1. The molecule has 0 saturated heterocycles. The maximum absolute atomic E-state index is 11.9. The van der Waals surface area contributed by atoms with E-state index in [4.69, 9.17) is 4.74 Å². The smallest absolute Gasteiger partial charge is 0.310 e. The molecule has 0 aromatic heterocycles. The van der Waals surface area contributed by atoms with Crippen molar-refractivity contribution in [3.63, 3.8) is 0 Å². The number of hydrogen-bond acceptors (Lipinski definition) is 3. The van der Waals surface area contributed by atoms with Gasteiger partial charge in [0.1, 0.15) is 0 Å². The van der Waals surface area contributed by atoms with Crippen molar-refractivity contribution in [3.8, 4) is 0 Å². The second kappa shape index (κ2) is 7.74. The van der Waals surface area contributed by atoms with E-state index in [1.165, 1.54) is 0 Å². The lowest BCUT2D eigenvalue weighted by atomic mass is 10.1. The first-order valence-corrected chi connectivity index (χ1v) is 7.69. The minimum Gasteiger partial charge on any atom is -0.457 e. The summed E-state index contributed by atoms with van der Waals surface area (Å²) in [6, 6.07) is 16.5. The van der Waals surface area contributed by atoms with Gasteiger partial charge < -0.3 is 4.74 Å². The number of esters is 1. The Labute approximate surface area is 132 Å². The fourth-order valence-electron chi connectivity index (χ4n) is 1.82. The Morgan fingerprint density at radius 1 is 0.905 bits per heavy atom. The molecule has 0 atom stereocenters. The van der Waals surface area contributed by atoms with Crippen LogP contribution in [0.5, 0.6) is 0 Å². The fraction of sp³-hybridized carbons (Fsp3) is 0.176. The van der Waals surface area contributed by atoms with E-state index in [1.54, 1.807) is 12.1 Å². The van der Waals surface area contributed by atoms with E-state index in [0.29, 0.717) is 5.56 Å². The molecule has 0 N–H and O–H groups in total. The van der Waals surface area contributed by atoms with Gasteiger partial charge in [0, 0.05) is 10.9 Å². The minimum absolute atomic E-state index is 0.177. The zero-order valence-corrected chi connectivity index (χ0v) is 13.0. The van der Waals surface area contributed by atoms with Gasteiger partial charge >= 0.3 is 5.97 Å². The van der Waals surface area contributed by atoms with Crippen LogP contribution in [0.25, 0.3) is 0 Å². The normalized spacial score (nSPS) is 10.1. The van der Waals surface area contributed by atoms with E-state index in [2.05, 4.69) is 15.9 Å². The van der Waals surface area contributed by atoms with E-state index < -0.39 is 5.97 Å². The molecular weight excluding hydrogens is 332 g/mol. The summed E-state index contributed by atoms with van der Waals surface area (Å²) in [6.07, 6.45) is 0.177. The van der Waals surface area contributed by atoms with E-state index in [1.807, 2.05) is 42.5 Å². The maximum atomic E-state index is 11.9. The van der Waals surface area contributed by atoms with Gasteiger partial charge in [-0.25, -0.2) is 0 Å². The second-order valence-electron chi connectivity index (χ2n) is 4.58. The molecule has 0 bridgehead atoms. The van der Waals surface area contributed by atoms with Crippen molar-refractivity contribution in [2.45, 2.75) is 11.8 Å². The Morgan fingerprint density at radius 2 is 1.57 bits per heavy atom. The molecule has 0 radical (unpaired) electrons. The molecule has 0 aliphatic heterocycles. The largest absolute Gasteiger partial charge is 0.457 e. The zero-order valence-electron chi connectivity index (χ0n) is 11.4. The Morgan fingerprint density at radius 3 is 2.19 bits per heavy atom. The van der Waals surface area contributed by atoms with Crippen molar-refractivity contribution in [2.24, 2.45) is 0 Å². The summed E-state index contributed by atoms with van der Waals surface area (Å²) >= 11 is 3.35. The third kappa shape index (κ3) is 4.83. The van der Waals surface area contributed by atoms with Gasteiger partial charge in [0.2, 0.25) is 0 Å². The SMILES string of the molecule is O=C(Cc1ccccc1)OCC(=O)c1ccc(CBr)cc1. The average Bonchev–Trinajstić information content (AvgIpc) is 2.53. The molecule has 0 aliphatic carbocycles. The van der Waals surface area contributed by atoms with Gasteiger partial charge in [-0.15, -0.1) is 0 Å². The first-order chi connectivity index (χ1) is 10.2. The molecule has 0 saturated carbocycles. The number of rotatable bonds is 6. The molecule has 108 valence electrons. The number of hydrogen-bond donors (Lipinski definition) is 0. The van der Waals surface area contributed by atoms with Crippen LogP contribution in [-0.2, 0) is 21.3 Å². The van der Waals surface area contributed by atoms with E-state index in [-0.39, 0.29) is 18.8 Å². The monoisotopic (exact) mass is 346 g/mol. The van der Waals surface area contributed by atoms with Gasteiger partial charge in [-0.1, -0.05) is 70.5 Å². The van der Waals surface area contributed by atoms with Crippen LogP contribution in [0.1, 0.15) is 21.5 Å². The molecule has 2 aromatic carbocycles. The summed E-state index contributed by atoms with van der Waals surface area (Å²) < 4.78 is 5.02. The summed E-state index contributed by atoms with van der Waals surface area (Å²) in [5.74, 6) is -0.593. The summed E-state index contributed by atoms with van der Waals surface area (Å²) in [6.45, 7) is -0.223. The van der Waals surface area contributed by atoms with Crippen molar-refractivity contribution in [1.29, 1.82) is 0 Å². The summed E-state index contributed by atoms with van der Waals surface area (Å²) in [4.78, 5) is 23.6. The van der Waals surface area contributed by atoms with Gasteiger partial charge in [0.25, 0.3) is 0 Å². The van der Waals surface area contributed by atoms with Gasteiger partial charge in [-0.2, -0.15) is 0 Å². The highest BCUT2D eigenvalue weighted by Crippen LogP contribution is 2.09. The molecule has 3 nitrogen and oxygen atoms in total. The first-order valence-electron chi connectivity index (χ1n) is 6.56. The van der Waals surface area contributed by atoms with Crippen molar-refractivity contribution in [1.82, 2.24) is 0 Å². The maximum Gasteiger partial charge on any atom is 0.310 e. The Bertz CT molecular complexity index is 606. The summed E-state index contributed by atoms with van der Waals surface area (Å²) in [7, 11) is 0. The van der Waals surface area contributed by atoms with Gasteiger partial charge in [-0.3, -0.25) is 9.59 Å². The third-order valence-electron chi connectivity index (χ3n) is 2.99. The predicted octanol–water partition coefficient (Wildman–Crippen LogP) is 3.55. The topological polar surface area (TPSA) is 43.4 Å². The van der Waals surface area contributed by atoms with Gasteiger partial charge in [-0.05, 0) is 11.1 Å². The van der Waals surface area contributed by atoms with E-state index >= 15 is 0 Å². The predicted molar refractivity (Wildman–Crippen MR) is 84.5 cm³/mol. The van der Waals surface area contributed by atoms with Crippen molar-refractivity contribution < 1.29 is 14.3 Å². The molecule has 0 spiro atoms. The molecule has 0 unspecified atom stereocenters. The van der Waals surface area contributed by atoms with E-state index in [9.17, 15) is 9.59 Å². The molecule has 0 amide bonds. The summed E-state index contributed by atoms with van der Waals surface area (Å²) in [5, 5.41) is 0.744. The van der Waals surface area contributed by atoms with Gasteiger partial charge in [0.15, 0.2) is 12.4 Å². The number of benzene rings is 2. The molecule has 2 aromatic rings. The third-order valence-corrected chi connectivity index (χ3v) is 3.63. The second-order valence-corrected chi connectivity index (χ2v) is 5.14. The average molecular weight is 347 g/mol. The Hall–Kier alpha value is -1.94. The molecule has 2 rings (SSSR count). The molecular formula is C17H15BrO3. The molecule has 0 heterocycles. The lowest BCUT2D eigenvalue weighted by Crippen LogP contribution is -2.15. The highest BCUT2D eigenvalue weighted by Gasteiger charge is 2.10. The first kappa shape index (κ1) is 15.4. The standard InChI is InChI=1S/C17H15BrO3/c18-11-14-6-8-15(9-7-14)16(19)12-21-17(20)10-13-4-2-1-3-5-13/h1-9H,10-12H2. The number of carbonyl (C=O) groups is 2. The van der Waals surface area contributed by atoms with Crippen LogP contribution < -0.4 is 0 Å². The highest BCUT2D eigenvalue weighted by atomic mass is 79.9. The number of Topliss-reactive ketones (excluding diaryl/α,β-unsaturated/α-hetero) is 1. The number of carbonyl (C=O) groups excluding carboxylic acids is 2. The van der Waals surface area contributed by atoms with Crippen molar-refractivity contribution in [3.05, 3.63) is 71.3 Å². The lowest BCUT2D eigenvalue weighted by molar-refractivity contribution is -0.141. The van der Waals surface area contributed by atoms with Crippen LogP contribution in [0, 0.1) is 0 Å². The van der Waals surface area contributed by atoms with Crippen molar-refractivity contribution in [2.75, 3.05) is 6.61 Å². The summed E-state index contributed by atoms with van der Waals surface area (Å²) in [5.41, 5.74) is 2.51. The number of ether oxygens (including phenoxy) is 1. The molecule has 0 fully saturated rings.